The minimum Gasteiger partial charge on any atom is -0.338 e. The van der Waals surface area contributed by atoms with Crippen LogP contribution in [0.15, 0.2) is 47.6 Å². The summed E-state index contributed by atoms with van der Waals surface area (Å²) >= 11 is 7.06. The number of halogens is 4. The molecule has 2 rings (SSSR count). The van der Waals surface area contributed by atoms with Gasteiger partial charge in [0.1, 0.15) is 0 Å². The first-order chi connectivity index (χ1) is 11.7. The van der Waals surface area contributed by atoms with Crippen LogP contribution in [0.1, 0.15) is 24.1 Å². The van der Waals surface area contributed by atoms with Gasteiger partial charge in [-0.25, -0.2) is 4.98 Å². The SMILES string of the molecule is CC(c1cccc(Cl)c1)N(C)C(=O)CSc1ccc(C(F)(F)F)cn1. The van der Waals surface area contributed by atoms with Gasteiger partial charge in [0.05, 0.1) is 22.4 Å². The largest absolute Gasteiger partial charge is 0.417 e. The maximum atomic E-state index is 12.5. The minimum absolute atomic E-state index is 0.0831. The summed E-state index contributed by atoms with van der Waals surface area (Å²) in [6.45, 7) is 1.88. The van der Waals surface area contributed by atoms with Gasteiger partial charge in [-0.05, 0) is 36.8 Å². The van der Waals surface area contributed by atoms with Crippen LogP contribution >= 0.6 is 23.4 Å². The Morgan fingerprint density at radius 3 is 2.60 bits per heavy atom. The summed E-state index contributed by atoms with van der Waals surface area (Å²) in [5.74, 6) is -0.0704. The van der Waals surface area contributed by atoms with Crippen LogP contribution in [0.25, 0.3) is 0 Å². The molecule has 0 aliphatic carbocycles. The highest BCUT2D eigenvalue weighted by Gasteiger charge is 2.30. The fourth-order valence-electron chi connectivity index (χ4n) is 2.08. The molecule has 0 spiro atoms. The van der Waals surface area contributed by atoms with E-state index in [2.05, 4.69) is 4.98 Å². The molecule has 1 aromatic carbocycles. The van der Waals surface area contributed by atoms with Crippen LogP contribution in [0.2, 0.25) is 5.02 Å². The monoisotopic (exact) mass is 388 g/mol. The number of rotatable bonds is 5. The van der Waals surface area contributed by atoms with E-state index in [0.717, 1.165) is 29.6 Å². The second kappa shape index (κ2) is 8.10. The molecule has 1 amide bonds. The van der Waals surface area contributed by atoms with Crippen molar-refractivity contribution in [2.75, 3.05) is 12.8 Å². The highest BCUT2D eigenvalue weighted by molar-refractivity contribution is 7.99. The summed E-state index contributed by atoms with van der Waals surface area (Å²) in [6.07, 6.45) is -3.65. The number of benzene rings is 1. The lowest BCUT2D eigenvalue weighted by Gasteiger charge is -2.25. The summed E-state index contributed by atoms with van der Waals surface area (Å²) in [5.41, 5.74) is 0.0934. The van der Waals surface area contributed by atoms with E-state index in [1.54, 1.807) is 24.1 Å². The number of nitrogens with zero attached hydrogens (tertiary/aromatic N) is 2. The second-order valence-corrected chi connectivity index (χ2v) is 6.84. The zero-order valence-corrected chi connectivity index (χ0v) is 15.1. The third-order valence-corrected chi connectivity index (χ3v) is 4.88. The lowest BCUT2D eigenvalue weighted by molar-refractivity contribution is -0.138. The number of alkyl halides is 3. The van der Waals surface area contributed by atoms with Crippen LogP contribution in [-0.2, 0) is 11.0 Å². The van der Waals surface area contributed by atoms with Crippen molar-refractivity contribution in [2.24, 2.45) is 0 Å². The highest BCUT2D eigenvalue weighted by Crippen LogP contribution is 2.30. The molecule has 25 heavy (non-hydrogen) atoms. The minimum atomic E-state index is -4.42. The van der Waals surface area contributed by atoms with Gasteiger partial charge in [-0.1, -0.05) is 35.5 Å². The standard InChI is InChI=1S/C17H16ClF3N2OS/c1-11(12-4-3-5-14(18)8-12)23(2)16(24)10-25-15-7-6-13(9-22-15)17(19,20)21/h3-9,11H,10H2,1-2H3. The van der Waals surface area contributed by atoms with Crippen molar-refractivity contribution < 1.29 is 18.0 Å². The smallest absolute Gasteiger partial charge is 0.338 e. The Bertz CT molecular complexity index is 737. The first-order valence-electron chi connectivity index (χ1n) is 7.35. The van der Waals surface area contributed by atoms with Gasteiger partial charge in [-0.2, -0.15) is 13.2 Å². The van der Waals surface area contributed by atoms with Gasteiger partial charge in [0.2, 0.25) is 5.91 Å². The number of aromatic nitrogens is 1. The van der Waals surface area contributed by atoms with Crippen molar-refractivity contribution in [2.45, 2.75) is 24.2 Å². The lowest BCUT2D eigenvalue weighted by atomic mass is 10.1. The van der Waals surface area contributed by atoms with E-state index in [0.29, 0.717) is 10.0 Å². The van der Waals surface area contributed by atoms with Crippen LogP contribution < -0.4 is 0 Å². The van der Waals surface area contributed by atoms with Gasteiger partial charge in [-0.3, -0.25) is 4.79 Å². The molecule has 8 heteroatoms. The van der Waals surface area contributed by atoms with E-state index in [1.165, 1.54) is 6.07 Å². The zero-order chi connectivity index (χ0) is 18.6. The van der Waals surface area contributed by atoms with E-state index in [1.807, 2.05) is 19.1 Å². The molecule has 2 aromatic rings. The Balaban J connectivity index is 1.95. The first-order valence-corrected chi connectivity index (χ1v) is 8.72. The molecule has 0 radical (unpaired) electrons. The summed E-state index contributed by atoms with van der Waals surface area (Å²) in [7, 11) is 1.68. The molecule has 1 unspecified atom stereocenters. The maximum Gasteiger partial charge on any atom is 0.417 e. The van der Waals surface area contributed by atoms with E-state index in [4.69, 9.17) is 11.6 Å². The molecule has 1 aromatic heterocycles. The summed E-state index contributed by atoms with van der Waals surface area (Å²) in [5, 5.41) is 0.957. The average Bonchev–Trinajstić information content (AvgIpc) is 2.58. The first kappa shape index (κ1) is 19.6. The van der Waals surface area contributed by atoms with E-state index in [9.17, 15) is 18.0 Å². The normalized spacial score (nSPS) is 12.7. The predicted octanol–water partition coefficient (Wildman–Crippen LogP) is 5.07. The molecule has 1 atom stereocenters. The van der Waals surface area contributed by atoms with Crippen LogP contribution in [0, 0.1) is 0 Å². The molecule has 0 saturated heterocycles. The number of pyridine rings is 1. The lowest BCUT2D eigenvalue weighted by Crippen LogP contribution is -2.31. The molecule has 0 N–H and O–H groups in total. The number of carbonyl (C=O) groups is 1. The molecule has 134 valence electrons. The van der Waals surface area contributed by atoms with Crippen molar-refractivity contribution in [3.8, 4) is 0 Å². The number of hydrogen-bond donors (Lipinski definition) is 0. The molecule has 0 bridgehead atoms. The van der Waals surface area contributed by atoms with Crippen molar-refractivity contribution in [3.05, 3.63) is 58.7 Å². The predicted molar refractivity (Wildman–Crippen MR) is 92.6 cm³/mol. The molecular formula is C17H16ClF3N2OS. The Morgan fingerprint density at radius 1 is 1.32 bits per heavy atom. The maximum absolute atomic E-state index is 12.5. The molecule has 0 aliphatic heterocycles. The highest BCUT2D eigenvalue weighted by atomic mass is 35.5. The van der Waals surface area contributed by atoms with E-state index in [-0.39, 0.29) is 17.7 Å². The van der Waals surface area contributed by atoms with E-state index < -0.39 is 11.7 Å². The van der Waals surface area contributed by atoms with Gasteiger partial charge in [-0.15, -0.1) is 0 Å². The van der Waals surface area contributed by atoms with E-state index >= 15 is 0 Å². The number of carbonyl (C=O) groups excluding carboxylic acids is 1. The zero-order valence-electron chi connectivity index (χ0n) is 13.5. The van der Waals surface area contributed by atoms with Crippen LogP contribution in [-0.4, -0.2) is 28.6 Å². The number of thioether (sulfide) groups is 1. The fourth-order valence-corrected chi connectivity index (χ4v) is 3.04. The Labute approximate surface area is 153 Å². The Kier molecular flexibility index (Phi) is 6.35. The summed E-state index contributed by atoms with van der Waals surface area (Å²) in [4.78, 5) is 17.6. The van der Waals surface area contributed by atoms with Gasteiger partial charge < -0.3 is 4.90 Å². The van der Waals surface area contributed by atoms with Crippen molar-refractivity contribution >= 4 is 29.3 Å². The van der Waals surface area contributed by atoms with Gasteiger partial charge in [0.15, 0.2) is 0 Å². The van der Waals surface area contributed by atoms with Crippen molar-refractivity contribution in [1.82, 2.24) is 9.88 Å². The molecule has 0 aliphatic rings. The van der Waals surface area contributed by atoms with Crippen molar-refractivity contribution in [1.29, 1.82) is 0 Å². The second-order valence-electron chi connectivity index (χ2n) is 5.41. The third kappa shape index (κ3) is 5.37. The molecule has 3 nitrogen and oxygen atoms in total. The van der Waals surface area contributed by atoms with Crippen molar-refractivity contribution in [3.63, 3.8) is 0 Å². The Morgan fingerprint density at radius 2 is 2.04 bits per heavy atom. The quantitative estimate of drug-likeness (QED) is 0.671. The summed E-state index contributed by atoms with van der Waals surface area (Å²) in [6, 6.07) is 9.29. The third-order valence-electron chi connectivity index (χ3n) is 3.71. The topological polar surface area (TPSA) is 33.2 Å². The van der Waals surface area contributed by atoms with Gasteiger partial charge in [0, 0.05) is 18.3 Å². The number of amides is 1. The van der Waals surface area contributed by atoms with Gasteiger partial charge >= 0.3 is 6.18 Å². The Hall–Kier alpha value is -1.73. The fraction of sp³-hybridized carbons (Fsp3) is 0.294. The molecule has 1 heterocycles. The molecule has 0 fully saturated rings. The van der Waals surface area contributed by atoms with Crippen LogP contribution in [0.3, 0.4) is 0 Å². The van der Waals surface area contributed by atoms with Crippen LogP contribution in [0.4, 0.5) is 13.2 Å². The average molecular weight is 389 g/mol. The molecule has 0 saturated carbocycles. The molecular weight excluding hydrogens is 373 g/mol. The summed E-state index contributed by atoms with van der Waals surface area (Å²) < 4.78 is 37.5. The van der Waals surface area contributed by atoms with Gasteiger partial charge in [0.25, 0.3) is 0 Å². The number of hydrogen-bond acceptors (Lipinski definition) is 3. The van der Waals surface area contributed by atoms with Crippen LogP contribution in [0.5, 0.6) is 0 Å².